The fourth-order valence-corrected chi connectivity index (χ4v) is 2.33. The van der Waals surface area contributed by atoms with Crippen LogP contribution in [-0.2, 0) is 18.3 Å². The van der Waals surface area contributed by atoms with Gasteiger partial charge in [-0.2, -0.15) is 5.10 Å². The van der Waals surface area contributed by atoms with E-state index in [0.717, 1.165) is 17.0 Å². The summed E-state index contributed by atoms with van der Waals surface area (Å²) < 4.78 is 12.2. The average Bonchev–Trinajstić information content (AvgIpc) is 2.74. The second-order valence-electron chi connectivity index (χ2n) is 5.06. The molecule has 0 spiro atoms. The summed E-state index contributed by atoms with van der Waals surface area (Å²) >= 11 is 0. The van der Waals surface area contributed by atoms with Gasteiger partial charge in [0.2, 0.25) is 5.91 Å². The second kappa shape index (κ2) is 6.51. The van der Waals surface area contributed by atoms with Crippen molar-refractivity contribution in [1.82, 2.24) is 9.78 Å². The Balaban J connectivity index is 2.15. The van der Waals surface area contributed by atoms with Gasteiger partial charge in [0, 0.05) is 24.4 Å². The number of benzene rings is 1. The Hall–Kier alpha value is -2.50. The average molecular weight is 303 g/mol. The minimum atomic E-state index is -0.109. The van der Waals surface area contributed by atoms with E-state index in [1.807, 2.05) is 20.9 Å². The van der Waals surface area contributed by atoms with Crippen molar-refractivity contribution in [3.63, 3.8) is 0 Å². The monoisotopic (exact) mass is 303 g/mol. The molecule has 2 aromatic rings. The highest BCUT2D eigenvalue weighted by Gasteiger charge is 2.15. The molecule has 2 rings (SSSR count). The van der Waals surface area contributed by atoms with Gasteiger partial charge < -0.3 is 14.8 Å². The van der Waals surface area contributed by atoms with E-state index in [1.165, 1.54) is 0 Å². The van der Waals surface area contributed by atoms with Crippen LogP contribution in [0.4, 0.5) is 5.69 Å². The van der Waals surface area contributed by atoms with E-state index in [-0.39, 0.29) is 12.3 Å². The summed E-state index contributed by atoms with van der Waals surface area (Å²) in [7, 11) is 5.01. The Morgan fingerprint density at radius 1 is 1.27 bits per heavy atom. The third kappa shape index (κ3) is 3.21. The molecule has 6 nitrogen and oxygen atoms in total. The smallest absolute Gasteiger partial charge is 0.229 e. The van der Waals surface area contributed by atoms with Crippen molar-refractivity contribution >= 4 is 11.6 Å². The first-order valence-electron chi connectivity index (χ1n) is 6.97. The Kier molecular flexibility index (Phi) is 4.70. The summed E-state index contributed by atoms with van der Waals surface area (Å²) in [4.78, 5) is 12.3. The number of carbonyl (C=O) groups excluding carboxylic acids is 1. The lowest BCUT2D eigenvalue weighted by Gasteiger charge is -2.11. The number of nitrogens with one attached hydrogen (secondary N) is 1. The maximum Gasteiger partial charge on any atom is 0.229 e. The predicted octanol–water partition coefficient (Wildman–Crippen LogP) is 2.24. The molecule has 1 aromatic heterocycles. The van der Waals surface area contributed by atoms with Crippen molar-refractivity contribution in [2.45, 2.75) is 20.3 Å². The molecule has 0 aliphatic rings. The van der Waals surface area contributed by atoms with Gasteiger partial charge in [0.05, 0.1) is 32.0 Å². The normalized spacial score (nSPS) is 10.4. The van der Waals surface area contributed by atoms with Crippen LogP contribution in [0.3, 0.4) is 0 Å². The molecule has 0 aliphatic carbocycles. The first-order chi connectivity index (χ1) is 10.5. The molecule has 6 heteroatoms. The van der Waals surface area contributed by atoms with Crippen molar-refractivity contribution in [2.24, 2.45) is 7.05 Å². The fourth-order valence-electron chi connectivity index (χ4n) is 2.33. The lowest BCUT2D eigenvalue weighted by atomic mass is 10.1. The highest BCUT2D eigenvalue weighted by molar-refractivity contribution is 5.94. The number of aromatic nitrogens is 2. The van der Waals surface area contributed by atoms with Gasteiger partial charge in [-0.25, -0.2) is 0 Å². The molecular weight excluding hydrogens is 282 g/mol. The van der Waals surface area contributed by atoms with Crippen molar-refractivity contribution in [3.05, 3.63) is 35.2 Å². The first-order valence-corrected chi connectivity index (χ1v) is 6.97. The highest BCUT2D eigenvalue weighted by atomic mass is 16.5. The zero-order valence-corrected chi connectivity index (χ0v) is 13.6. The van der Waals surface area contributed by atoms with Crippen molar-refractivity contribution in [3.8, 4) is 11.5 Å². The predicted molar refractivity (Wildman–Crippen MR) is 84.6 cm³/mol. The molecule has 0 aliphatic heterocycles. The van der Waals surface area contributed by atoms with Gasteiger partial charge in [0.1, 0.15) is 11.5 Å². The quantitative estimate of drug-likeness (QED) is 0.920. The topological polar surface area (TPSA) is 65.4 Å². The number of aryl methyl sites for hydroxylation is 2. The van der Waals surface area contributed by atoms with E-state index < -0.39 is 0 Å². The number of amides is 1. The summed E-state index contributed by atoms with van der Waals surface area (Å²) in [6.07, 6.45) is 0.278. The molecule has 0 bridgehead atoms. The summed E-state index contributed by atoms with van der Waals surface area (Å²) in [5, 5.41) is 7.19. The number of anilines is 1. The zero-order valence-electron chi connectivity index (χ0n) is 13.6. The first kappa shape index (κ1) is 15.9. The number of methoxy groups -OCH3 is 2. The summed E-state index contributed by atoms with van der Waals surface area (Å²) in [6, 6.07) is 5.27. The van der Waals surface area contributed by atoms with E-state index in [4.69, 9.17) is 9.47 Å². The Labute approximate surface area is 130 Å². The van der Waals surface area contributed by atoms with E-state index in [9.17, 15) is 4.79 Å². The molecule has 118 valence electrons. The van der Waals surface area contributed by atoms with Crippen LogP contribution >= 0.6 is 0 Å². The van der Waals surface area contributed by atoms with Gasteiger partial charge in [-0.15, -0.1) is 0 Å². The van der Waals surface area contributed by atoms with Gasteiger partial charge in [-0.3, -0.25) is 9.48 Å². The third-order valence-electron chi connectivity index (χ3n) is 3.68. The molecule has 0 unspecified atom stereocenters. The third-order valence-corrected chi connectivity index (χ3v) is 3.68. The van der Waals surface area contributed by atoms with Crippen LogP contribution in [-0.4, -0.2) is 29.9 Å². The molecule has 1 heterocycles. The minimum absolute atomic E-state index is 0.109. The van der Waals surface area contributed by atoms with Gasteiger partial charge >= 0.3 is 0 Å². The van der Waals surface area contributed by atoms with Crippen molar-refractivity contribution in [1.29, 1.82) is 0 Å². The van der Waals surface area contributed by atoms with Gasteiger partial charge in [0.25, 0.3) is 0 Å². The van der Waals surface area contributed by atoms with Crippen LogP contribution in [0.15, 0.2) is 18.2 Å². The van der Waals surface area contributed by atoms with E-state index >= 15 is 0 Å². The largest absolute Gasteiger partial charge is 0.497 e. The molecule has 0 saturated carbocycles. The number of rotatable bonds is 5. The molecule has 0 fully saturated rings. The molecule has 0 radical (unpaired) electrons. The lowest BCUT2D eigenvalue weighted by molar-refractivity contribution is -0.115. The molecule has 1 N–H and O–H groups in total. The van der Waals surface area contributed by atoms with Crippen LogP contribution in [0, 0.1) is 13.8 Å². The lowest BCUT2D eigenvalue weighted by Crippen LogP contribution is -2.16. The standard InChI is InChI=1S/C16H21N3O3/c1-10-13(11(2)19(3)18-10)9-16(20)17-14-7-6-12(21-4)8-15(14)22-5/h6-8H,9H2,1-5H3,(H,17,20). The van der Waals surface area contributed by atoms with Crippen LogP contribution in [0.5, 0.6) is 11.5 Å². The summed E-state index contributed by atoms with van der Waals surface area (Å²) in [5.74, 6) is 1.13. The zero-order chi connectivity index (χ0) is 16.3. The minimum Gasteiger partial charge on any atom is -0.497 e. The number of ether oxygens (including phenoxy) is 2. The number of nitrogens with zero attached hydrogens (tertiary/aromatic N) is 2. The van der Waals surface area contributed by atoms with E-state index in [1.54, 1.807) is 37.1 Å². The fraction of sp³-hybridized carbons (Fsp3) is 0.375. The summed E-state index contributed by atoms with van der Waals surface area (Å²) in [5.41, 5.74) is 3.44. The van der Waals surface area contributed by atoms with Crippen LogP contribution in [0.2, 0.25) is 0 Å². The molecule has 0 atom stereocenters. The number of hydrogen-bond donors (Lipinski definition) is 1. The van der Waals surface area contributed by atoms with Gasteiger partial charge in [0.15, 0.2) is 0 Å². The molecule has 1 aromatic carbocycles. The number of carbonyl (C=O) groups is 1. The highest BCUT2D eigenvalue weighted by Crippen LogP contribution is 2.29. The van der Waals surface area contributed by atoms with Gasteiger partial charge in [-0.05, 0) is 26.0 Å². The molecule has 0 saturated heterocycles. The van der Waals surface area contributed by atoms with Gasteiger partial charge in [-0.1, -0.05) is 0 Å². The van der Waals surface area contributed by atoms with E-state index in [2.05, 4.69) is 10.4 Å². The Morgan fingerprint density at radius 3 is 2.55 bits per heavy atom. The Bertz CT molecular complexity index is 692. The Morgan fingerprint density at radius 2 is 2.00 bits per heavy atom. The maximum atomic E-state index is 12.3. The molecule has 22 heavy (non-hydrogen) atoms. The van der Waals surface area contributed by atoms with Crippen LogP contribution < -0.4 is 14.8 Å². The molecule has 1 amide bonds. The summed E-state index contributed by atoms with van der Waals surface area (Å²) in [6.45, 7) is 3.86. The van der Waals surface area contributed by atoms with E-state index in [0.29, 0.717) is 17.2 Å². The van der Waals surface area contributed by atoms with Crippen LogP contribution in [0.1, 0.15) is 17.0 Å². The van der Waals surface area contributed by atoms with Crippen molar-refractivity contribution < 1.29 is 14.3 Å². The van der Waals surface area contributed by atoms with Crippen LogP contribution in [0.25, 0.3) is 0 Å². The maximum absolute atomic E-state index is 12.3. The van der Waals surface area contributed by atoms with Crippen molar-refractivity contribution in [2.75, 3.05) is 19.5 Å². The molecular formula is C16H21N3O3. The second-order valence-corrected chi connectivity index (χ2v) is 5.06. The number of hydrogen-bond acceptors (Lipinski definition) is 4. The SMILES string of the molecule is COc1ccc(NC(=O)Cc2c(C)nn(C)c2C)c(OC)c1.